The molecule has 0 radical (unpaired) electrons. The number of nitrogens with zero attached hydrogens (tertiary/aromatic N) is 2. The normalized spacial score (nSPS) is 10.5. The van der Waals surface area contributed by atoms with Gasteiger partial charge in [0.25, 0.3) is 5.91 Å². The molecule has 3 rings (SSSR count). The predicted molar refractivity (Wildman–Crippen MR) is 106 cm³/mol. The second-order valence-electron chi connectivity index (χ2n) is 6.29. The van der Waals surface area contributed by atoms with E-state index in [2.05, 4.69) is 20.8 Å². The Morgan fingerprint density at radius 3 is 2.33 bits per heavy atom. The first-order valence-corrected chi connectivity index (χ1v) is 8.80. The van der Waals surface area contributed by atoms with Crippen molar-refractivity contribution < 1.29 is 9.53 Å². The molecule has 0 saturated heterocycles. The third kappa shape index (κ3) is 5.54. The molecular formula is C21H22N4O2. The van der Waals surface area contributed by atoms with E-state index in [-0.39, 0.29) is 17.7 Å². The van der Waals surface area contributed by atoms with Gasteiger partial charge < -0.3 is 15.4 Å². The number of carbonyl (C=O) groups excluding carboxylic acids is 1. The minimum Gasteiger partial charge on any atom is -0.491 e. The molecule has 138 valence electrons. The third-order valence-corrected chi connectivity index (χ3v) is 3.70. The number of hydrogen-bond acceptors (Lipinski definition) is 5. The molecule has 0 saturated carbocycles. The Morgan fingerprint density at radius 1 is 0.963 bits per heavy atom. The number of rotatable bonds is 7. The summed E-state index contributed by atoms with van der Waals surface area (Å²) in [6, 6.07) is 20.6. The molecule has 3 aromatic rings. The average molecular weight is 362 g/mol. The number of aromatic nitrogens is 2. The summed E-state index contributed by atoms with van der Waals surface area (Å²) in [6.07, 6.45) is 0.106. The van der Waals surface area contributed by atoms with E-state index in [1.165, 1.54) is 0 Å². The van der Waals surface area contributed by atoms with Crippen LogP contribution in [0, 0.1) is 0 Å². The van der Waals surface area contributed by atoms with Crippen molar-refractivity contribution in [2.45, 2.75) is 26.5 Å². The van der Waals surface area contributed by atoms with E-state index in [9.17, 15) is 4.79 Å². The lowest BCUT2D eigenvalue weighted by atomic mass is 10.2. The fourth-order valence-corrected chi connectivity index (χ4v) is 2.42. The van der Waals surface area contributed by atoms with Crippen LogP contribution in [0.3, 0.4) is 0 Å². The van der Waals surface area contributed by atoms with Crippen LogP contribution in [0.5, 0.6) is 5.75 Å². The zero-order valence-electron chi connectivity index (χ0n) is 15.3. The third-order valence-electron chi connectivity index (χ3n) is 3.70. The molecule has 1 heterocycles. The fourth-order valence-electron chi connectivity index (χ4n) is 2.42. The van der Waals surface area contributed by atoms with Crippen molar-refractivity contribution in [3.8, 4) is 5.75 Å². The Labute approximate surface area is 158 Å². The van der Waals surface area contributed by atoms with Gasteiger partial charge in [-0.15, -0.1) is 10.2 Å². The Hall–Kier alpha value is -3.41. The molecular weight excluding hydrogens is 340 g/mol. The van der Waals surface area contributed by atoms with Crippen LogP contribution in [0.2, 0.25) is 0 Å². The highest BCUT2D eigenvalue weighted by Gasteiger charge is 2.09. The fraction of sp³-hybridized carbons (Fsp3) is 0.190. The maximum atomic E-state index is 12.3. The van der Waals surface area contributed by atoms with Crippen molar-refractivity contribution in [2.24, 2.45) is 0 Å². The van der Waals surface area contributed by atoms with Crippen LogP contribution in [-0.2, 0) is 6.54 Å². The number of hydrogen-bond donors (Lipinski definition) is 2. The maximum absolute atomic E-state index is 12.3. The Morgan fingerprint density at radius 2 is 1.70 bits per heavy atom. The molecule has 0 bridgehead atoms. The molecule has 0 aliphatic rings. The molecule has 6 nitrogen and oxygen atoms in total. The molecule has 1 aromatic heterocycles. The molecule has 0 spiro atoms. The van der Waals surface area contributed by atoms with Gasteiger partial charge in [0.2, 0.25) is 0 Å². The lowest BCUT2D eigenvalue weighted by Gasteiger charge is -2.10. The molecule has 6 heteroatoms. The van der Waals surface area contributed by atoms with E-state index < -0.39 is 0 Å². The van der Waals surface area contributed by atoms with Crippen LogP contribution in [0.15, 0.2) is 66.7 Å². The Balaban J connectivity index is 1.55. The SMILES string of the molecule is CC(C)Oc1ccc(NC(=O)c2ccc(NCc3ccccc3)nn2)cc1. The summed E-state index contributed by atoms with van der Waals surface area (Å²) in [5.74, 6) is 1.07. The van der Waals surface area contributed by atoms with Crippen LogP contribution < -0.4 is 15.4 Å². The van der Waals surface area contributed by atoms with Gasteiger partial charge in [0.15, 0.2) is 5.69 Å². The van der Waals surface area contributed by atoms with E-state index in [4.69, 9.17) is 4.74 Å². The lowest BCUT2D eigenvalue weighted by Crippen LogP contribution is -2.15. The van der Waals surface area contributed by atoms with Gasteiger partial charge in [-0.3, -0.25) is 4.79 Å². The minimum atomic E-state index is -0.311. The monoisotopic (exact) mass is 362 g/mol. The van der Waals surface area contributed by atoms with Gasteiger partial charge in [-0.1, -0.05) is 30.3 Å². The highest BCUT2D eigenvalue weighted by atomic mass is 16.5. The number of benzene rings is 2. The van der Waals surface area contributed by atoms with Crippen molar-refractivity contribution in [2.75, 3.05) is 10.6 Å². The highest BCUT2D eigenvalue weighted by molar-refractivity contribution is 6.02. The number of carbonyl (C=O) groups is 1. The van der Waals surface area contributed by atoms with Crippen LogP contribution in [0.4, 0.5) is 11.5 Å². The Bertz CT molecular complexity index is 863. The van der Waals surface area contributed by atoms with Gasteiger partial charge in [0.05, 0.1) is 6.10 Å². The quantitative estimate of drug-likeness (QED) is 0.661. The van der Waals surface area contributed by atoms with E-state index in [1.54, 1.807) is 24.3 Å². The van der Waals surface area contributed by atoms with Crippen molar-refractivity contribution in [1.82, 2.24) is 10.2 Å². The van der Waals surface area contributed by atoms with E-state index in [0.29, 0.717) is 18.1 Å². The average Bonchev–Trinajstić information content (AvgIpc) is 2.69. The summed E-state index contributed by atoms with van der Waals surface area (Å²) in [5, 5.41) is 14.0. The standard InChI is InChI=1S/C21H22N4O2/c1-15(2)27-18-10-8-17(9-11-18)23-21(26)19-12-13-20(25-24-19)22-14-16-6-4-3-5-7-16/h3-13,15H,14H2,1-2H3,(H,22,25)(H,23,26). The van der Waals surface area contributed by atoms with Crippen molar-refractivity contribution in [1.29, 1.82) is 0 Å². The maximum Gasteiger partial charge on any atom is 0.276 e. The van der Waals surface area contributed by atoms with Gasteiger partial charge in [-0.25, -0.2) is 0 Å². The Kier molecular flexibility index (Phi) is 5.99. The number of ether oxygens (including phenoxy) is 1. The summed E-state index contributed by atoms with van der Waals surface area (Å²) >= 11 is 0. The first kappa shape index (κ1) is 18.4. The molecule has 2 aromatic carbocycles. The summed E-state index contributed by atoms with van der Waals surface area (Å²) in [7, 11) is 0. The van der Waals surface area contributed by atoms with Gasteiger partial charge in [-0.05, 0) is 55.8 Å². The van der Waals surface area contributed by atoms with Crippen LogP contribution in [-0.4, -0.2) is 22.2 Å². The summed E-state index contributed by atoms with van der Waals surface area (Å²) in [5.41, 5.74) is 2.07. The smallest absolute Gasteiger partial charge is 0.276 e. The van der Waals surface area contributed by atoms with E-state index in [0.717, 1.165) is 11.3 Å². The van der Waals surface area contributed by atoms with Crippen LogP contribution >= 0.6 is 0 Å². The van der Waals surface area contributed by atoms with Crippen molar-refractivity contribution in [3.05, 3.63) is 78.0 Å². The second-order valence-corrected chi connectivity index (χ2v) is 6.29. The van der Waals surface area contributed by atoms with E-state index >= 15 is 0 Å². The number of anilines is 2. The summed E-state index contributed by atoms with van der Waals surface area (Å²) in [4.78, 5) is 12.3. The molecule has 0 fully saturated rings. The largest absolute Gasteiger partial charge is 0.491 e. The predicted octanol–water partition coefficient (Wildman–Crippen LogP) is 4.13. The zero-order chi connectivity index (χ0) is 19.1. The molecule has 0 unspecified atom stereocenters. The molecule has 0 atom stereocenters. The number of nitrogens with one attached hydrogen (secondary N) is 2. The molecule has 0 aliphatic heterocycles. The van der Waals surface area contributed by atoms with Gasteiger partial charge >= 0.3 is 0 Å². The molecule has 27 heavy (non-hydrogen) atoms. The van der Waals surface area contributed by atoms with Crippen molar-refractivity contribution in [3.63, 3.8) is 0 Å². The van der Waals surface area contributed by atoms with Crippen LogP contribution in [0.1, 0.15) is 29.9 Å². The molecule has 2 N–H and O–H groups in total. The summed E-state index contributed by atoms with van der Waals surface area (Å²) < 4.78 is 5.58. The van der Waals surface area contributed by atoms with Gasteiger partial charge in [0, 0.05) is 12.2 Å². The van der Waals surface area contributed by atoms with Gasteiger partial charge in [-0.2, -0.15) is 0 Å². The van der Waals surface area contributed by atoms with Gasteiger partial charge in [0.1, 0.15) is 11.6 Å². The second kappa shape index (κ2) is 8.80. The first-order chi connectivity index (χ1) is 13.1. The van der Waals surface area contributed by atoms with E-state index in [1.807, 2.05) is 56.3 Å². The highest BCUT2D eigenvalue weighted by Crippen LogP contribution is 2.17. The summed E-state index contributed by atoms with van der Waals surface area (Å²) in [6.45, 7) is 4.57. The molecule has 1 amide bonds. The topological polar surface area (TPSA) is 76.1 Å². The number of amides is 1. The zero-order valence-corrected chi connectivity index (χ0v) is 15.3. The van der Waals surface area contributed by atoms with Crippen molar-refractivity contribution >= 4 is 17.4 Å². The first-order valence-electron chi connectivity index (χ1n) is 8.80. The van der Waals surface area contributed by atoms with Crippen LogP contribution in [0.25, 0.3) is 0 Å². The molecule has 0 aliphatic carbocycles. The lowest BCUT2D eigenvalue weighted by molar-refractivity contribution is 0.102. The minimum absolute atomic E-state index is 0.106.